The SMILES string of the molecule is C[C@@]1(n2cc(C#CCN)c(=O)[nH]c2=O)CC(O)C(CO)O1. The number of H-pyrrole nitrogens is 1. The Morgan fingerprint density at radius 1 is 1.62 bits per heavy atom. The van der Waals surface area contributed by atoms with Crippen LogP contribution in [-0.2, 0) is 10.5 Å². The van der Waals surface area contributed by atoms with Gasteiger partial charge in [0.15, 0.2) is 0 Å². The van der Waals surface area contributed by atoms with Crippen molar-refractivity contribution in [2.75, 3.05) is 13.2 Å². The van der Waals surface area contributed by atoms with Gasteiger partial charge in [-0.2, -0.15) is 0 Å². The van der Waals surface area contributed by atoms with E-state index < -0.39 is 29.2 Å². The molecule has 5 N–H and O–H groups in total. The highest BCUT2D eigenvalue weighted by atomic mass is 16.6. The summed E-state index contributed by atoms with van der Waals surface area (Å²) in [6, 6.07) is 0. The Balaban J connectivity index is 2.49. The van der Waals surface area contributed by atoms with Crippen LogP contribution in [0.15, 0.2) is 15.8 Å². The van der Waals surface area contributed by atoms with E-state index in [0.717, 1.165) is 4.57 Å². The lowest BCUT2D eigenvalue weighted by atomic mass is 10.1. The number of ether oxygens (including phenoxy) is 1. The molecular formula is C13H17N3O5. The molecule has 2 rings (SSSR count). The second-order valence-electron chi connectivity index (χ2n) is 4.96. The van der Waals surface area contributed by atoms with Crippen LogP contribution in [0.2, 0.25) is 0 Å². The summed E-state index contributed by atoms with van der Waals surface area (Å²) in [5, 5.41) is 19.0. The number of aliphatic hydroxyl groups excluding tert-OH is 2. The van der Waals surface area contributed by atoms with Crippen molar-refractivity contribution < 1.29 is 14.9 Å². The van der Waals surface area contributed by atoms with Crippen LogP contribution < -0.4 is 17.0 Å². The van der Waals surface area contributed by atoms with Gasteiger partial charge in [-0.15, -0.1) is 0 Å². The summed E-state index contributed by atoms with van der Waals surface area (Å²) in [5.41, 5.74) is 2.87. The summed E-state index contributed by atoms with van der Waals surface area (Å²) in [6.07, 6.45) is -0.311. The van der Waals surface area contributed by atoms with Crippen molar-refractivity contribution in [1.29, 1.82) is 0 Å². The summed E-state index contributed by atoms with van der Waals surface area (Å²) in [6.45, 7) is 1.30. The van der Waals surface area contributed by atoms with Crippen LogP contribution in [0.5, 0.6) is 0 Å². The highest BCUT2D eigenvalue weighted by Crippen LogP contribution is 2.33. The molecule has 0 aliphatic carbocycles. The largest absolute Gasteiger partial charge is 0.394 e. The second-order valence-corrected chi connectivity index (χ2v) is 4.96. The molecule has 8 heteroatoms. The first-order chi connectivity index (χ1) is 9.91. The van der Waals surface area contributed by atoms with E-state index in [1.165, 1.54) is 6.20 Å². The zero-order chi connectivity index (χ0) is 15.6. The summed E-state index contributed by atoms with van der Waals surface area (Å²) >= 11 is 0. The van der Waals surface area contributed by atoms with Gasteiger partial charge >= 0.3 is 5.69 Å². The molecule has 114 valence electrons. The molecule has 0 radical (unpaired) electrons. The average Bonchev–Trinajstić information content (AvgIpc) is 2.73. The molecular weight excluding hydrogens is 278 g/mol. The lowest BCUT2D eigenvalue weighted by Crippen LogP contribution is -2.43. The summed E-state index contributed by atoms with van der Waals surface area (Å²) in [4.78, 5) is 25.8. The van der Waals surface area contributed by atoms with Crippen LogP contribution in [0.3, 0.4) is 0 Å². The van der Waals surface area contributed by atoms with Crippen LogP contribution in [-0.4, -0.2) is 45.1 Å². The van der Waals surface area contributed by atoms with Crippen molar-refractivity contribution >= 4 is 0 Å². The standard InChI is InChI=1S/C13H17N3O5/c1-13(5-9(18)10(7-17)21-13)16-6-8(3-2-4-14)11(19)15-12(16)20/h6,9-10,17-18H,4-5,7,14H2,1H3,(H,15,19,20)/t9?,10?,13-/m0/s1. The number of hydrogen-bond acceptors (Lipinski definition) is 6. The Morgan fingerprint density at radius 2 is 2.33 bits per heavy atom. The molecule has 21 heavy (non-hydrogen) atoms. The molecule has 1 aliphatic heterocycles. The Bertz CT molecular complexity index is 698. The molecule has 0 spiro atoms. The number of rotatable bonds is 2. The monoisotopic (exact) mass is 295 g/mol. The number of aliphatic hydroxyl groups is 2. The Kier molecular flexibility index (Phi) is 4.29. The van der Waals surface area contributed by atoms with Gasteiger partial charge in [0.25, 0.3) is 5.56 Å². The highest BCUT2D eigenvalue weighted by molar-refractivity contribution is 5.30. The van der Waals surface area contributed by atoms with E-state index in [2.05, 4.69) is 16.8 Å². The number of nitrogens with zero attached hydrogens (tertiary/aromatic N) is 1. The first-order valence-electron chi connectivity index (χ1n) is 6.43. The van der Waals surface area contributed by atoms with Crippen molar-refractivity contribution in [3.63, 3.8) is 0 Å². The summed E-state index contributed by atoms with van der Waals surface area (Å²) in [7, 11) is 0. The third-order valence-corrected chi connectivity index (χ3v) is 3.38. The molecule has 1 aliphatic rings. The molecule has 1 saturated heterocycles. The number of hydrogen-bond donors (Lipinski definition) is 4. The molecule has 2 unspecified atom stereocenters. The van der Waals surface area contributed by atoms with E-state index in [4.69, 9.17) is 15.6 Å². The number of nitrogens with one attached hydrogen (secondary N) is 1. The molecule has 2 heterocycles. The summed E-state index contributed by atoms with van der Waals surface area (Å²) < 4.78 is 6.71. The lowest BCUT2D eigenvalue weighted by molar-refractivity contribution is -0.107. The van der Waals surface area contributed by atoms with Gasteiger partial charge in [-0.25, -0.2) is 4.79 Å². The van der Waals surface area contributed by atoms with Gasteiger partial charge < -0.3 is 20.7 Å². The summed E-state index contributed by atoms with van der Waals surface area (Å²) in [5.74, 6) is 5.11. The van der Waals surface area contributed by atoms with E-state index in [-0.39, 0.29) is 25.1 Å². The molecule has 0 saturated carbocycles. The van der Waals surface area contributed by atoms with E-state index in [1.807, 2.05) is 0 Å². The van der Waals surface area contributed by atoms with Crippen molar-refractivity contribution in [2.45, 2.75) is 31.3 Å². The number of nitrogens with two attached hydrogens (primary N) is 1. The fourth-order valence-electron chi connectivity index (χ4n) is 2.34. The lowest BCUT2D eigenvalue weighted by Gasteiger charge is -2.26. The quantitative estimate of drug-likeness (QED) is 0.452. The van der Waals surface area contributed by atoms with E-state index in [9.17, 15) is 14.7 Å². The fourth-order valence-corrected chi connectivity index (χ4v) is 2.34. The van der Waals surface area contributed by atoms with Gasteiger partial charge in [-0.05, 0) is 6.92 Å². The molecule has 1 fully saturated rings. The normalized spacial score (nSPS) is 28.2. The molecule has 1 aromatic rings. The van der Waals surface area contributed by atoms with Crippen LogP contribution in [0, 0.1) is 11.8 Å². The average molecular weight is 295 g/mol. The number of aromatic nitrogens is 2. The van der Waals surface area contributed by atoms with Gasteiger partial charge in [-0.1, -0.05) is 11.8 Å². The molecule has 0 bridgehead atoms. The first kappa shape index (κ1) is 15.5. The number of aromatic amines is 1. The van der Waals surface area contributed by atoms with Crippen LogP contribution in [0.4, 0.5) is 0 Å². The van der Waals surface area contributed by atoms with Crippen molar-refractivity contribution in [2.24, 2.45) is 5.73 Å². The third-order valence-electron chi connectivity index (χ3n) is 3.38. The Hall–Kier alpha value is -1.92. The van der Waals surface area contributed by atoms with E-state index in [1.54, 1.807) is 6.92 Å². The van der Waals surface area contributed by atoms with Crippen LogP contribution in [0.1, 0.15) is 18.9 Å². The minimum atomic E-state index is -1.17. The van der Waals surface area contributed by atoms with Crippen molar-refractivity contribution in [1.82, 2.24) is 9.55 Å². The Morgan fingerprint density at radius 3 is 2.90 bits per heavy atom. The van der Waals surface area contributed by atoms with Gasteiger partial charge in [0, 0.05) is 12.6 Å². The zero-order valence-corrected chi connectivity index (χ0v) is 11.5. The maximum atomic E-state index is 12.0. The molecule has 0 aromatic carbocycles. The first-order valence-corrected chi connectivity index (χ1v) is 6.43. The molecule has 1 aromatic heterocycles. The topological polar surface area (TPSA) is 131 Å². The fraction of sp³-hybridized carbons (Fsp3) is 0.538. The molecule has 8 nitrogen and oxygen atoms in total. The minimum absolute atomic E-state index is 0.0758. The maximum absolute atomic E-state index is 12.0. The molecule has 0 amide bonds. The Labute approximate surface area is 120 Å². The predicted molar refractivity (Wildman–Crippen MR) is 73.5 cm³/mol. The highest BCUT2D eigenvalue weighted by Gasteiger charge is 2.44. The van der Waals surface area contributed by atoms with Gasteiger partial charge in [0.05, 0.1) is 19.3 Å². The van der Waals surface area contributed by atoms with Crippen molar-refractivity contribution in [3.8, 4) is 11.8 Å². The van der Waals surface area contributed by atoms with E-state index >= 15 is 0 Å². The molecule has 3 atom stereocenters. The van der Waals surface area contributed by atoms with Crippen molar-refractivity contribution in [3.05, 3.63) is 32.6 Å². The minimum Gasteiger partial charge on any atom is -0.394 e. The van der Waals surface area contributed by atoms with Crippen LogP contribution >= 0.6 is 0 Å². The third kappa shape index (κ3) is 2.91. The van der Waals surface area contributed by atoms with E-state index in [0.29, 0.717) is 0 Å². The predicted octanol–water partition coefficient (Wildman–Crippen LogP) is -2.34. The van der Waals surface area contributed by atoms with Gasteiger partial charge in [0.2, 0.25) is 0 Å². The zero-order valence-electron chi connectivity index (χ0n) is 11.5. The smallest absolute Gasteiger partial charge is 0.330 e. The second kappa shape index (κ2) is 5.83. The van der Waals surface area contributed by atoms with Crippen LogP contribution in [0.25, 0.3) is 0 Å². The van der Waals surface area contributed by atoms with Gasteiger partial charge in [0.1, 0.15) is 17.4 Å². The van der Waals surface area contributed by atoms with Gasteiger partial charge in [-0.3, -0.25) is 14.3 Å². The maximum Gasteiger partial charge on any atom is 0.330 e.